The van der Waals surface area contributed by atoms with E-state index in [0.717, 1.165) is 30.4 Å². The van der Waals surface area contributed by atoms with Gasteiger partial charge in [-0.25, -0.2) is 9.38 Å². The number of benzene rings is 1. The van der Waals surface area contributed by atoms with Gasteiger partial charge in [0.25, 0.3) is 0 Å². The van der Waals surface area contributed by atoms with E-state index < -0.39 is 0 Å². The van der Waals surface area contributed by atoms with E-state index in [-0.39, 0.29) is 12.0 Å². The Bertz CT molecular complexity index is 805. The zero-order valence-electron chi connectivity index (χ0n) is 14.3. The maximum atomic E-state index is 13.9. The number of hydrogen-bond donors (Lipinski definition) is 1. The summed E-state index contributed by atoms with van der Waals surface area (Å²) < 4.78 is 19.4. The molecule has 0 radical (unpaired) electrons. The van der Waals surface area contributed by atoms with E-state index in [9.17, 15) is 4.39 Å². The third kappa shape index (κ3) is 3.52. The van der Waals surface area contributed by atoms with Crippen LogP contribution in [-0.2, 0) is 4.74 Å². The number of aromatic nitrogens is 1. The van der Waals surface area contributed by atoms with Gasteiger partial charge in [0.2, 0.25) is 5.96 Å². The van der Waals surface area contributed by atoms with Crippen LogP contribution in [-0.4, -0.2) is 48.3 Å². The summed E-state index contributed by atoms with van der Waals surface area (Å²) in [7, 11) is 0. The Kier molecular flexibility index (Phi) is 4.79. The summed E-state index contributed by atoms with van der Waals surface area (Å²) in [6, 6.07) is 10.4. The van der Waals surface area contributed by atoms with E-state index in [1.165, 1.54) is 12.1 Å². The molecule has 1 aromatic carbocycles. The van der Waals surface area contributed by atoms with E-state index in [0.29, 0.717) is 13.2 Å². The molecule has 4 rings (SSSR count). The minimum Gasteiger partial charge on any atom is -0.378 e. The topological polar surface area (TPSA) is 53.0 Å². The van der Waals surface area contributed by atoms with E-state index in [2.05, 4.69) is 20.2 Å². The number of aliphatic imine (C=N–C) groups is 1. The number of pyridine rings is 1. The minimum atomic E-state index is -0.279. The summed E-state index contributed by atoms with van der Waals surface area (Å²) in [6.07, 6.45) is 7.01. The molecule has 1 unspecified atom stereocenters. The number of halogens is 1. The summed E-state index contributed by atoms with van der Waals surface area (Å²) in [4.78, 5) is 12.9. The Morgan fingerprint density at radius 3 is 2.81 bits per heavy atom. The summed E-state index contributed by atoms with van der Waals surface area (Å²) in [5.74, 6) is 0.501. The first-order valence-corrected chi connectivity index (χ1v) is 8.60. The predicted molar refractivity (Wildman–Crippen MR) is 99.5 cm³/mol. The Labute approximate surface area is 151 Å². The van der Waals surface area contributed by atoms with Crippen molar-refractivity contribution in [3.05, 3.63) is 66.9 Å². The summed E-state index contributed by atoms with van der Waals surface area (Å²) in [5, 5.41) is 3.43. The number of hydrogen-bond acceptors (Lipinski definition) is 6. The normalized spacial score (nSPS) is 20.0. The van der Waals surface area contributed by atoms with Crippen LogP contribution in [0.4, 0.5) is 15.8 Å². The second-order valence-corrected chi connectivity index (χ2v) is 6.05. The highest BCUT2D eigenvalue weighted by molar-refractivity contribution is 5.98. The first kappa shape index (κ1) is 16.5. The lowest BCUT2D eigenvalue weighted by atomic mass is 10.2. The predicted octanol–water partition coefficient (Wildman–Crippen LogP) is 2.68. The fourth-order valence-corrected chi connectivity index (χ4v) is 3.09. The summed E-state index contributed by atoms with van der Waals surface area (Å²) in [6.45, 7) is 2.80. The summed E-state index contributed by atoms with van der Waals surface area (Å²) >= 11 is 0. The van der Waals surface area contributed by atoms with Crippen molar-refractivity contribution >= 4 is 17.3 Å². The fourth-order valence-electron chi connectivity index (χ4n) is 3.09. The Morgan fingerprint density at radius 2 is 2.04 bits per heavy atom. The van der Waals surface area contributed by atoms with E-state index in [1.54, 1.807) is 24.7 Å². The van der Waals surface area contributed by atoms with Gasteiger partial charge in [-0.1, -0.05) is 6.07 Å². The molecule has 1 saturated heterocycles. The molecule has 7 heteroatoms. The first-order valence-electron chi connectivity index (χ1n) is 8.60. The maximum Gasteiger partial charge on any atom is 0.207 e. The van der Waals surface area contributed by atoms with Gasteiger partial charge in [0, 0.05) is 37.4 Å². The van der Waals surface area contributed by atoms with Gasteiger partial charge in [0.05, 0.1) is 18.9 Å². The van der Waals surface area contributed by atoms with Gasteiger partial charge in [-0.2, -0.15) is 0 Å². The number of rotatable bonds is 3. The molecule has 2 aliphatic heterocycles. The number of morpholine rings is 1. The molecule has 134 valence electrons. The molecule has 6 nitrogen and oxygen atoms in total. The largest absolute Gasteiger partial charge is 0.378 e. The van der Waals surface area contributed by atoms with Crippen molar-refractivity contribution in [2.45, 2.75) is 6.17 Å². The first-order chi connectivity index (χ1) is 12.8. The van der Waals surface area contributed by atoms with Gasteiger partial charge in [0.15, 0.2) is 0 Å². The van der Waals surface area contributed by atoms with Crippen molar-refractivity contribution in [3.8, 4) is 0 Å². The molecule has 0 bridgehead atoms. The molecule has 0 saturated carbocycles. The van der Waals surface area contributed by atoms with Gasteiger partial charge >= 0.3 is 0 Å². The molecule has 3 heterocycles. The van der Waals surface area contributed by atoms with Crippen molar-refractivity contribution in [2.24, 2.45) is 4.99 Å². The average molecular weight is 353 g/mol. The molecular formula is C19H20FN5O. The Morgan fingerprint density at radius 1 is 1.15 bits per heavy atom. The van der Waals surface area contributed by atoms with Crippen LogP contribution < -0.4 is 10.2 Å². The van der Waals surface area contributed by atoms with Crippen molar-refractivity contribution in [1.82, 2.24) is 9.88 Å². The highest BCUT2D eigenvalue weighted by Gasteiger charge is 2.29. The standard InChI is InChI=1S/C19H20FN5O/c20-15-3-1-5-17(13-15)25-18(23-16-4-2-7-21-14-16)6-8-22-19(25)24-9-11-26-12-10-24/h1-8,13-14,18,23H,9-12H2. The fraction of sp³-hybridized carbons (Fsp3) is 0.263. The van der Waals surface area contributed by atoms with Crippen LogP contribution in [0.1, 0.15) is 0 Å². The second kappa shape index (κ2) is 7.53. The number of anilines is 2. The highest BCUT2D eigenvalue weighted by atomic mass is 19.1. The van der Waals surface area contributed by atoms with E-state index in [4.69, 9.17) is 4.74 Å². The molecular weight excluding hydrogens is 333 g/mol. The van der Waals surface area contributed by atoms with Gasteiger partial charge < -0.3 is 15.0 Å². The van der Waals surface area contributed by atoms with Crippen LogP contribution in [0.5, 0.6) is 0 Å². The smallest absolute Gasteiger partial charge is 0.207 e. The Hall–Kier alpha value is -2.93. The van der Waals surface area contributed by atoms with Crippen molar-refractivity contribution in [1.29, 1.82) is 0 Å². The molecule has 0 aliphatic carbocycles. The molecule has 2 aliphatic rings. The van der Waals surface area contributed by atoms with Crippen LogP contribution in [0.3, 0.4) is 0 Å². The molecule has 26 heavy (non-hydrogen) atoms. The highest BCUT2D eigenvalue weighted by Crippen LogP contribution is 2.25. The monoisotopic (exact) mass is 353 g/mol. The van der Waals surface area contributed by atoms with Gasteiger partial charge in [-0.15, -0.1) is 0 Å². The third-order valence-corrected chi connectivity index (χ3v) is 4.31. The van der Waals surface area contributed by atoms with Crippen LogP contribution in [0, 0.1) is 5.82 Å². The number of nitrogens with zero attached hydrogens (tertiary/aromatic N) is 4. The van der Waals surface area contributed by atoms with Crippen molar-refractivity contribution in [2.75, 3.05) is 36.5 Å². The van der Waals surface area contributed by atoms with Crippen LogP contribution in [0.25, 0.3) is 0 Å². The molecule has 2 aromatic rings. The zero-order chi connectivity index (χ0) is 17.8. The van der Waals surface area contributed by atoms with Crippen LogP contribution in [0.2, 0.25) is 0 Å². The number of guanidine groups is 1. The number of ether oxygens (including phenoxy) is 1. The third-order valence-electron chi connectivity index (χ3n) is 4.31. The molecule has 0 amide bonds. The van der Waals surface area contributed by atoms with Crippen LogP contribution in [0.15, 0.2) is 66.1 Å². The van der Waals surface area contributed by atoms with Crippen molar-refractivity contribution in [3.63, 3.8) is 0 Å². The number of nitrogens with one attached hydrogen (secondary N) is 1. The SMILES string of the molecule is Fc1cccc(N2C(N3CCOCC3)=NC=CC2Nc2cccnc2)c1. The summed E-state index contributed by atoms with van der Waals surface area (Å²) in [5.41, 5.74) is 1.62. The molecule has 1 aromatic heterocycles. The lowest BCUT2D eigenvalue weighted by Crippen LogP contribution is -2.55. The molecule has 1 fully saturated rings. The lowest BCUT2D eigenvalue weighted by Gasteiger charge is -2.41. The second-order valence-electron chi connectivity index (χ2n) is 6.05. The van der Waals surface area contributed by atoms with Gasteiger partial charge in [-0.3, -0.25) is 9.88 Å². The van der Waals surface area contributed by atoms with Gasteiger partial charge in [0.1, 0.15) is 12.0 Å². The van der Waals surface area contributed by atoms with Crippen LogP contribution >= 0.6 is 0 Å². The zero-order valence-corrected chi connectivity index (χ0v) is 14.3. The molecule has 1 atom stereocenters. The maximum absolute atomic E-state index is 13.9. The lowest BCUT2D eigenvalue weighted by molar-refractivity contribution is 0.0671. The Balaban J connectivity index is 1.68. The van der Waals surface area contributed by atoms with E-state index >= 15 is 0 Å². The van der Waals surface area contributed by atoms with Gasteiger partial charge in [-0.05, 0) is 36.4 Å². The minimum absolute atomic E-state index is 0.212. The van der Waals surface area contributed by atoms with Crippen molar-refractivity contribution < 1.29 is 9.13 Å². The van der Waals surface area contributed by atoms with E-state index in [1.807, 2.05) is 29.2 Å². The average Bonchev–Trinajstić information content (AvgIpc) is 2.69. The quantitative estimate of drug-likeness (QED) is 0.919. The molecule has 1 N–H and O–H groups in total. The molecule has 0 spiro atoms.